The molecule has 1 aromatic carbocycles. The van der Waals surface area contributed by atoms with Crippen molar-refractivity contribution in [3.63, 3.8) is 0 Å². The molecule has 2 rings (SSSR count). The Kier molecular flexibility index (Phi) is 6.06. The molecule has 1 aliphatic heterocycles. The van der Waals surface area contributed by atoms with Crippen molar-refractivity contribution in [3.8, 4) is 0 Å². The maximum atomic E-state index is 14.1. The lowest BCUT2D eigenvalue weighted by molar-refractivity contribution is 0.158. The highest BCUT2D eigenvalue weighted by molar-refractivity contribution is 5.24. The van der Waals surface area contributed by atoms with Crippen LogP contribution in [0.5, 0.6) is 0 Å². The van der Waals surface area contributed by atoms with Gasteiger partial charge < -0.3 is 5.32 Å². The lowest BCUT2D eigenvalue weighted by atomic mass is 9.97. The number of rotatable bonds is 6. The molecule has 0 amide bonds. The van der Waals surface area contributed by atoms with E-state index in [1.54, 1.807) is 0 Å². The van der Waals surface area contributed by atoms with E-state index >= 15 is 0 Å². The minimum absolute atomic E-state index is 0.158. The second-order valence-electron chi connectivity index (χ2n) is 5.59. The number of hydrogen-bond acceptors (Lipinski definition) is 2. The number of benzene rings is 1. The van der Waals surface area contributed by atoms with Crippen molar-refractivity contribution in [1.29, 1.82) is 0 Å². The first-order valence-electron chi connectivity index (χ1n) is 7.72. The zero-order valence-corrected chi connectivity index (χ0v) is 12.5. The molecule has 1 aromatic rings. The van der Waals surface area contributed by atoms with E-state index < -0.39 is 17.5 Å². The van der Waals surface area contributed by atoms with E-state index in [9.17, 15) is 13.2 Å². The average Bonchev–Trinajstić information content (AvgIpc) is 2.49. The van der Waals surface area contributed by atoms with E-state index in [2.05, 4.69) is 17.1 Å². The molecule has 0 unspecified atom stereocenters. The SMILES string of the molecule is CCCCC[C@@H](c1cc(F)cc(F)c1F)N1CCNCC1. The van der Waals surface area contributed by atoms with Crippen LogP contribution in [0.15, 0.2) is 12.1 Å². The Bertz CT molecular complexity index is 459. The molecule has 1 heterocycles. The summed E-state index contributed by atoms with van der Waals surface area (Å²) in [5, 5.41) is 3.24. The number of nitrogens with one attached hydrogen (secondary N) is 1. The second-order valence-corrected chi connectivity index (χ2v) is 5.59. The summed E-state index contributed by atoms with van der Waals surface area (Å²) < 4.78 is 41.1. The Balaban J connectivity index is 2.24. The van der Waals surface area contributed by atoms with Crippen LogP contribution in [0.2, 0.25) is 0 Å². The smallest absolute Gasteiger partial charge is 0.163 e. The minimum Gasteiger partial charge on any atom is -0.314 e. The first-order valence-corrected chi connectivity index (χ1v) is 7.72. The van der Waals surface area contributed by atoms with Crippen LogP contribution < -0.4 is 5.32 Å². The van der Waals surface area contributed by atoms with Gasteiger partial charge in [-0.3, -0.25) is 4.90 Å². The fourth-order valence-corrected chi connectivity index (χ4v) is 2.93. The van der Waals surface area contributed by atoms with Crippen LogP contribution in [0.4, 0.5) is 13.2 Å². The van der Waals surface area contributed by atoms with Crippen molar-refractivity contribution >= 4 is 0 Å². The summed E-state index contributed by atoms with van der Waals surface area (Å²) in [6.07, 6.45) is 3.77. The predicted molar refractivity (Wildman–Crippen MR) is 77.6 cm³/mol. The Morgan fingerprint density at radius 1 is 1.14 bits per heavy atom. The average molecular weight is 300 g/mol. The number of nitrogens with zero attached hydrogens (tertiary/aromatic N) is 1. The van der Waals surface area contributed by atoms with Crippen LogP contribution in [0.25, 0.3) is 0 Å². The molecule has 1 fully saturated rings. The number of halogens is 3. The summed E-state index contributed by atoms with van der Waals surface area (Å²) in [6, 6.07) is 1.51. The fraction of sp³-hybridized carbons (Fsp3) is 0.625. The third kappa shape index (κ3) is 4.20. The van der Waals surface area contributed by atoms with E-state index in [0.717, 1.165) is 57.9 Å². The van der Waals surface area contributed by atoms with Crippen molar-refractivity contribution in [1.82, 2.24) is 10.2 Å². The number of hydrogen-bond donors (Lipinski definition) is 1. The summed E-state index contributed by atoms with van der Waals surface area (Å²) in [5.74, 6) is -2.71. The zero-order chi connectivity index (χ0) is 15.2. The van der Waals surface area contributed by atoms with Gasteiger partial charge in [0.25, 0.3) is 0 Å². The van der Waals surface area contributed by atoms with Gasteiger partial charge in [0.2, 0.25) is 0 Å². The molecule has 0 saturated carbocycles. The van der Waals surface area contributed by atoms with Crippen LogP contribution in [0, 0.1) is 17.5 Å². The van der Waals surface area contributed by atoms with E-state index in [0.29, 0.717) is 6.07 Å². The lowest BCUT2D eigenvalue weighted by Gasteiger charge is -2.35. The predicted octanol–water partition coefficient (Wildman–Crippen LogP) is 3.63. The van der Waals surface area contributed by atoms with Gasteiger partial charge in [0.1, 0.15) is 5.82 Å². The van der Waals surface area contributed by atoms with Gasteiger partial charge in [-0.15, -0.1) is 0 Å². The first-order chi connectivity index (χ1) is 10.1. The molecular weight excluding hydrogens is 277 g/mol. The van der Waals surface area contributed by atoms with Crippen LogP contribution >= 0.6 is 0 Å². The quantitative estimate of drug-likeness (QED) is 0.637. The van der Waals surface area contributed by atoms with Crippen molar-refractivity contribution < 1.29 is 13.2 Å². The first kappa shape index (κ1) is 16.3. The van der Waals surface area contributed by atoms with Gasteiger partial charge in [0.05, 0.1) is 0 Å². The molecule has 1 aliphatic rings. The maximum absolute atomic E-state index is 14.1. The van der Waals surface area contributed by atoms with Gasteiger partial charge in [0, 0.05) is 43.9 Å². The van der Waals surface area contributed by atoms with E-state index in [4.69, 9.17) is 0 Å². The maximum Gasteiger partial charge on any atom is 0.163 e. The van der Waals surface area contributed by atoms with E-state index in [-0.39, 0.29) is 11.6 Å². The summed E-state index contributed by atoms with van der Waals surface area (Å²) in [6.45, 7) is 5.29. The summed E-state index contributed by atoms with van der Waals surface area (Å²) in [7, 11) is 0. The third-order valence-corrected chi connectivity index (χ3v) is 4.05. The van der Waals surface area contributed by atoms with Crippen LogP contribution in [0.3, 0.4) is 0 Å². The number of unbranched alkanes of at least 4 members (excludes halogenated alkanes) is 2. The Morgan fingerprint density at radius 3 is 2.52 bits per heavy atom. The lowest BCUT2D eigenvalue weighted by Crippen LogP contribution is -2.45. The summed E-state index contributed by atoms with van der Waals surface area (Å²) in [5.41, 5.74) is 0.158. The fourth-order valence-electron chi connectivity index (χ4n) is 2.93. The van der Waals surface area contributed by atoms with Crippen molar-refractivity contribution in [2.45, 2.75) is 38.6 Å². The molecular formula is C16H23F3N2. The van der Waals surface area contributed by atoms with Gasteiger partial charge in [-0.2, -0.15) is 0 Å². The summed E-state index contributed by atoms with van der Waals surface area (Å²) in [4.78, 5) is 2.13. The molecule has 2 nitrogen and oxygen atoms in total. The highest BCUT2D eigenvalue weighted by Gasteiger charge is 2.26. The van der Waals surface area contributed by atoms with Crippen LogP contribution in [-0.4, -0.2) is 31.1 Å². The molecule has 0 bridgehead atoms. The van der Waals surface area contributed by atoms with E-state index in [1.165, 1.54) is 0 Å². The number of piperazine rings is 1. The van der Waals surface area contributed by atoms with Gasteiger partial charge in [-0.1, -0.05) is 26.2 Å². The van der Waals surface area contributed by atoms with Crippen LogP contribution in [0.1, 0.15) is 44.2 Å². The van der Waals surface area contributed by atoms with Crippen molar-refractivity contribution in [2.24, 2.45) is 0 Å². The molecule has 0 spiro atoms. The Morgan fingerprint density at radius 2 is 1.86 bits per heavy atom. The second kappa shape index (κ2) is 7.80. The molecule has 1 saturated heterocycles. The normalized spacial score (nSPS) is 17.9. The molecule has 21 heavy (non-hydrogen) atoms. The molecule has 0 radical (unpaired) electrons. The highest BCUT2D eigenvalue weighted by atomic mass is 19.2. The largest absolute Gasteiger partial charge is 0.314 e. The minimum atomic E-state index is -1.10. The van der Waals surface area contributed by atoms with Gasteiger partial charge in [-0.05, 0) is 12.5 Å². The van der Waals surface area contributed by atoms with Gasteiger partial charge in [0.15, 0.2) is 11.6 Å². The highest BCUT2D eigenvalue weighted by Crippen LogP contribution is 2.30. The van der Waals surface area contributed by atoms with Crippen molar-refractivity contribution in [3.05, 3.63) is 35.1 Å². The molecule has 1 atom stereocenters. The monoisotopic (exact) mass is 300 g/mol. The molecule has 1 N–H and O–H groups in total. The zero-order valence-electron chi connectivity index (χ0n) is 12.5. The molecule has 118 valence electrons. The third-order valence-electron chi connectivity index (χ3n) is 4.05. The molecule has 5 heteroatoms. The Labute approximate surface area is 124 Å². The van der Waals surface area contributed by atoms with E-state index in [1.807, 2.05) is 0 Å². The standard InChI is InChI=1S/C16H23F3N2/c1-2-3-4-5-15(21-8-6-20-7-9-21)13-10-12(17)11-14(18)16(13)19/h10-11,15,20H,2-9H2,1H3/t15-/m0/s1. The molecule has 0 aliphatic carbocycles. The summed E-state index contributed by atoms with van der Waals surface area (Å²) >= 11 is 0. The molecule has 0 aromatic heterocycles. The topological polar surface area (TPSA) is 15.3 Å². The van der Waals surface area contributed by atoms with Gasteiger partial charge >= 0.3 is 0 Å². The Hall–Kier alpha value is -1.07. The van der Waals surface area contributed by atoms with Crippen molar-refractivity contribution in [2.75, 3.05) is 26.2 Å². The van der Waals surface area contributed by atoms with Crippen LogP contribution in [-0.2, 0) is 0 Å². The van der Waals surface area contributed by atoms with Gasteiger partial charge in [-0.25, -0.2) is 13.2 Å².